The van der Waals surface area contributed by atoms with Crippen molar-refractivity contribution in [1.29, 1.82) is 0 Å². The average molecular weight is 450 g/mol. The zero-order valence-electron chi connectivity index (χ0n) is 16.9. The third-order valence-corrected chi connectivity index (χ3v) is 6.61. The molecule has 0 aliphatic carbocycles. The van der Waals surface area contributed by atoms with Gasteiger partial charge in [-0.3, -0.25) is 15.5 Å². The van der Waals surface area contributed by atoms with Crippen molar-refractivity contribution in [3.63, 3.8) is 0 Å². The summed E-state index contributed by atoms with van der Waals surface area (Å²) in [4.78, 5) is 10.7. The fraction of sp³-hybridized carbons (Fsp3) is 0.316. The summed E-state index contributed by atoms with van der Waals surface area (Å²) in [5.74, 6) is 0.401. The maximum Gasteiger partial charge on any atom is 0.295 e. The highest BCUT2D eigenvalue weighted by Gasteiger charge is 2.28. The van der Waals surface area contributed by atoms with E-state index in [9.17, 15) is 23.6 Å². The predicted octanol–water partition coefficient (Wildman–Crippen LogP) is 2.17. The molecule has 2 aromatic carbocycles. The summed E-state index contributed by atoms with van der Waals surface area (Å²) in [5.41, 5.74) is 2.92. The largest absolute Gasteiger partial charge is 0.507 e. The van der Waals surface area contributed by atoms with Gasteiger partial charge in [-0.15, -0.1) is 0 Å². The number of hydrogen-bond acceptors (Lipinski definition) is 9. The van der Waals surface area contributed by atoms with Crippen molar-refractivity contribution in [2.45, 2.75) is 11.8 Å². The first-order valence-corrected chi connectivity index (χ1v) is 10.7. The quantitative estimate of drug-likeness (QED) is 0.371. The van der Waals surface area contributed by atoms with Gasteiger partial charge in [0, 0.05) is 30.8 Å². The van der Waals surface area contributed by atoms with E-state index in [1.165, 1.54) is 29.6 Å². The molecule has 1 saturated heterocycles. The minimum Gasteiger partial charge on any atom is -0.507 e. The second kappa shape index (κ2) is 9.29. The van der Waals surface area contributed by atoms with Crippen LogP contribution in [0.15, 0.2) is 46.4 Å². The molecule has 0 amide bonds. The highest BCUT2D eigenvalue weighted by molar-refractivity contribution is 7.89. The molecule has 11 nitrogen and oxygen atoms in total. The van der Waals surface area contributed by atoms with Gasteiger partial charge in [0.2, 0.25) is 10.0 Å². The average Bonchev–Trinajstić information content (AvgIpc) is 2.77. The monoisotopic (exact) mass is 450 g/mol. The van der Waals surface area contributed by atoms with Crippen molar-refractivity contribution in [2.75, 3.05) is 38.8 Å². The number of hydrazone groups is 1. The number of phenols is 1. The van der Waals surface area contributed by atoms with E-state index in [0.29, 0.717) is 17.0 Å². The van der Waals surface area contributed by atoms with Gasteiger partial charge in [0.25, 0.3) is 5.69 Å². The molecule has 1 aliphatic heterocycles. The molecule has 0 saturated carbocycles. The Morgan fingerprint density at radius 1 is 1.26 bits per heavy atom. The molecule has 3 rings (SSSR count). The van der Waals surface area contributed by atoms with Gasteiger partial charge in [0.15, 0.2) is 0 Å². The van der Waals surface area contributed by atoms with Gasteiger partial charge in [-0.2, -0.15) is 9.41 Å². The van der Waals surface area contributed by atoms with E-state index in [4.69, 9.17) is 9.47 Å². The van der Waals surface area contributed by atoms with Crippen LogP contribution in [0.1, 0.15) is 12.5 Å². The van der Waals surface area contributed by atoms with E-state index in [2.05, 4.69) is 10.5 Å². The van der Waals surface area contributed by atoms with Crippen LogP contribution in [0.5, 0.6) is 11.5 Å². The molecule has 0 spiro atoms. The predicted molar refractivity (Wildman–Crippen MR) is 113 cm³/mol. The normalized spacial score (nSPS) is 15.5. The van der Waals surface area contributed by atoms with Crippen molar-refractivity contribution in [3.05, 3.63) is 52.1 Å². The second-order valence-corrected chi connectivity index (χ2v) is 8.58. The van der Waals surface area contributed by atoms with Crippen molar-refractivity contribution >= 4 is 27.1 Å². The molecule has 0 aromatic heterocycles. The van der Waals surface area contributed by atoms with Crippen LogP contribution in [0.25, 0.3) is 0 Å². The Kier molecular flexibility index (Phi) is 6.73. The minimum atomic E-state index is -3.88. The number of ether oxygens (including phenoxy) is 2. The van der Waals surface area contributed by atoms with Gasteiger partial charge in [-0.05, 0) is 31.2 Å². The first-order chi connectivity index (χ1) is 14.7. The summed E-state index contributed by atoms with van der Waals surface area (Å²) in [5, 5.41) is 25.7. The molecule has 12 heteroatoms. The van der Waals surface area contributed by atoms with Crippen LogP contribution in [-0.4, -0.2) is 61.9 Å². The molecule has 166 valence electrons. The van der Waals surface area contributed by atoms with Gasteiger partial charge in [0.1, 0.15) is 17.2 Å². The Morgan fingerprint density at radius 2 is 1.97 bits per heavy atom. The summed E-state index contributed by atoms with van der Waals surface area (Å²) in [6, 6.07) is 8.24. The van der Waals surface area contributed by atoms with Crippen molar-refractivity contribution < 1.29 is 27.9 Å². The second-order valence-electron chi connectivity index (χ2n) is 6.64. The minimum absolute atomic E-state index is 0.0123. The van der Waals surface area contributed by atoms with Crippen LogP contribution < -0.4 is 10.2 Å². The van der Waals surface area contributed by atoms with E-state index >= 15 is 0 Å². The van der Waals surface area contributed by atoms with Crippen LogP contribution in [0.4, 0.5) is 11.4 Å². The molecule has 1 heterocycles. The molecule has 0 bridgehead atoms. The lowest BCUT2D eigenvalue weighted by Gasteiger charge is -2.26. The number of aromatic hydroxyl groups is 1. The Hall–Kier alpha value is -3.22. The van der Waals surface area contributed by atoms with Gasteiger partial charge in [-0.25, -0.2) is 8.42 Å². The number of rotatable bonds is 7. The van der Waals surface area contributed by atoms with E-state index < -0.39 is 20.6 Å². The molecule has 1 fully saturated rings. The molecule has 31 heavy (non-hydrogen) atoms. The number of phenolic OH excluding ortho intramolecular Hbond substituents is 1. The first-order valence-electron chi connectivity index (χ1n) is 9.28. The summed E-state index contributed by atoms with van der Waals surface area (Å²) >= 11 is 0. The van der Waals surface area contributed by atoms with Crippen molar-refractivity contribution in [1.82, 2.24) is 4.31 Å². The number of anilines is 1. The van der Waals surface area contributed by atoms with Crippen LogP contribution in [0, 0.1) is 10.1 Å². The van der Waals surface area contributed by atoms with Gasteiger partial charge in [-0.1, -0.05) is 0 Å². The first kappa shape index (κ1) is 22.5. The number of benzene rings is 2. The molecule has 2 N–H and O–H groups in total. The molecule has 1 aliphatic rings. The van der Waals surface area contributed by atoms with Crippen LogP contribution in [0.3, 0.4) is 0 Å². The third kappa shape index (κ3) is 4.93. The summed E-state index contributed by atoms with van der Waals surface area (Å²) < 4.78 is 37.0. The lowest BCUT2D eigenvalue weighted by Crippen LogP contribution is -2.40. The van der Waals surface area contributed by atoms with Gasteiger partial charge >= 0.3 is 0 Å². The third-order valence-electron chi connectivity index (χ3n) is 4.71. The number of sulfonamides is 1. The zero-order chi connectivity index (χ0) is 22.6. The number of nitrogens with one attached hydrogen (secondary N) is 1. The number of methoxy groups -OCH3 is 1. The number of morpholine rings is 1. The van der Waals surface area contributed by atoms with Gasteiger partial charge in [0.05, 0.1) is 35.9 Å². The molecule has 0 unspecified atom stereocenters. The maximum absolute atomic E-state index is 12.8. The fourth-order valence-electron chi connectivity index (χ4n) is 3.00. The lowest BCUT2D eigenvalue weighted by molar-refractivity contribution is -0.384. The summed E-state index contributed by atoms with van der Waals surface area (Å²) in [6.07, 6.45) is 0. The van der Waals surface area contributed by atoms with E-state index in [1.807, 2.05) is 0 Å². The topological polar surface area (TPSA) is 144 Å². The number of hydrogen-bond donors (Lipinski definition) is 2. The maximum atomic E-state index is 12.8. The Balaban J connectivity index is 1.88. The smallest absolute Gasteiger partial charge is 0.295 e. The van der Waals surface area contributed by atoms with E-state index in [1.54, 1.807) is 19.1 Å². The van der Waals surface area contributed by atoms with Crippen LogP contribution >= 0.6 is 0 Å². The highest BCUT2D eigenvalue weighted by Crippen LogP contribution is 2.30. The Labute approximate surface area is 179 Å². The molecule has 2 aromatic rings. The van der Waals surface area contributed by atoms with Crippen molar-refractivity contribution in [2.24, 2.45) is 5.10 Å². The molecule has 0 atom stereocenters. The molecular formula is C19H22N4O7S. The van der Waals surface area contributed by atoms with E-state index in [-0.39, 0.29) is 42.6 Å². The fourth-order valence-corrected chi connectivity index (χ4v) is 4.43. The van der Waals surface area contributed by atoms with E-state index in [0.717, 1.165) is 6.07 Å². The van der Waals surface area contributed by atoms with Crippen molar-refractivity contribution in [3.8, 4) is 11.5 Å². The Bertz CT molecular complexity index is 1110. The summed E-state index contributed by atoms with van der Waals surface area (Å²) in [7, 11) is -2.41. The summed E-state index contributed by atoms with van der Waals surface area (Å²) in [6.45, 7) is 2.52. The highest BCUT2D eigenvalue weighted by atomic mass is 32.2. The van der Waals surface area contributed by atoms with Crippen LogP contribution in [-0.2, 0) is 14.8 Å². The SMILES string of the molecule is COc1ccc(C(C)=NNc2ccc(S(=O)(=O)N3CCOCC3)cc2[N+](=O)[O-])c(O)c1. The molecular weight excluding hydrogens is 428 g/mol. The van der Waals surface area contributed by atoms with Gasteiger partial charge < -0.3 is 14.6 Å². The number of nitrogens with zero attached hydrogens (tertiary/aromatic N) is 3. The standard InChI is InChI=1S/C19H22N4O7S/c1-13(16-5-3-14(29-2)11-19(16)24)20-21-17-6-4-15(12-18(17)23(25)26)31(27,28)22-7-9-30-10-8-22/h3-6,11-12,21,24H,7-10H2,1-2H3. The number of nitro benzene ring substituents is 1. The Morgan fingerprint density at radius 3 is 2.58 bits per heavy atom. The zero-order valence-corrected chi connectivity index (χ0v) is 17.8. The van der Waals surface area contributed by atoms with Crippen LogP contribution in [0.2, 0.25) is 0 Å². The molecule has 0 radical (unpaired) electrons. The number of nitro groups is 1. The lowest BCUT2D eigenvalue weighted by atomic mass is 10.1.